The minimum atomic E-state index is -0.111. The van der Waals surface area contributed by atoms with Crippen molar-refractivity contribution in [1.29, 1.82) is 0 Å². The molecule has 0 bridgehead atoms. The van der Waals surface area contributed by atoms with Gasteiger partial charge in [-0.2, -0.15) is 0 Å². The minimum Gasteiger partial charge on any atom is -0.427 e. The average molecular weight is 474 g/mol. The highest BCUT2D eigenvalue weighted by Crippen LogP contribution is 2.25. The first kappa shape index (κ1) is 30.7. The molecule has 1 unspecified atom stereocenters. The van der Waals surface area contributed by atoms with Crippen LogP contribution in [0.15, 0.2) is 24.3 Å². The van der Waals surface area contributed by atoms with E-state index in [2.05, 4.69) is 20.8 Å². The van der Waals surface area contributed by atoms with Crippen LogP contribution in [0.3, 0.4) is 0 Å². The molecule has 0 aliphatic carbocycles. The molecule has 1 atom stereocenters. The van der Waals surface area contributed by atoms with Crippen molar-refractivity contribution < 1.29 is 9.53 Å². The molecule has 0 fully saturated rings. The summed E-state index contributed by atoms with van der Waals surface area (Å²) >= 11 is 0. The van der Waals surface area contributed by atoms with E-state index < -0.39 is 0 Å². The van der Waals surface area contributed by atoms with Crippen LogP contribution in [0.2, 0.25) is 0 Å². The molecule has 2 N–H and O–H groups in total. The molecule has 0 amide bonds. The predicted molar refractivity (Wildman–Crippen MR) is 147 cm³/mol. The molecule has 0 aliphatic heterocycles. The number of unbranched alkanes of at least 4 members (excludes halogenated alkanes) is 10. The van der Waals surface area contributed by atoms with Crippen molar-refractivity contribution in [2.75, 3.05) is 0 Å². The van der Waals surface area contributed by atoms with Gasteiger partial charge in [-0.25, -0.2) is 0 Å². The maximum atomic E-state index is 12.1. The Bertz CT molecular complexity index is 617. The lowest BCUT2D eigenvalue weighted by molar-refractivity contribution is -0.134. The minimum absolute atomic E-state index is 0.0554. The largest absolute Gasteiger partial charge is 0.427 e. The second-order valence-electron chi connectivity index (χ2n) is 11.3. The molecule has 0 radical (unpaired) electrons. The summed E-state index contributed by atoms with van der Waals surface area (Å²) < 4.78 is 5.44. The molecule has 0 aromatic heterocycles. The lowest BCUT2D eigenvalue weighted by Gasteiger charge is -2.21. The van der Waals surface area contributed by atoms with Crippen LogP contribution >= 0.6 is 0 Å². The van der Waals surface area contributed by atoms with E-state index in [1.165, 1.54) is 95.5 Å². The van der Waals surface area contributed by atoms with Crippen LogP contribution in [0.5, 0.6) is 5.75 Å². The molecule has 0 aliphatic rings. The van der Waals surface area contributed by atoms with Crippen LogP contribution in [0.25, 0.3) is 0 Å². The maximum absolute atomic E-state index is 12.1. The normalized spacial score (nSPS) is 12.6. The van der Waals surface area contributed by atoms with E-state index in [0.717, 1.165) is 25.2 Å². The lowest BCUT2D eigenvalue weighted by Crippen LogP contribution is -2.31. The molecule has 1 aromatic rings. The summed E-state index contributed by atoms with van der Waals surface area (Å²) in [6, 6.07) is 7.68. The summed E-state index contributed by atoms with van der Waals surface area (Å²) in [6.45, 7) is 8.59. The van der Waals surface area contributed by atoms with Crippen molar-refractivity contribution in [3.63, 3.8) is 0 Å². The summed E-state index contributed by atoms with van der Waals surface area (Å²) in [5, 5.41) is 0. The van der Waals surface area contributed by atoms with Crippen LogP contribution in [0.4, 0.5) is 0 Å². The summed E-state index contributed by atoms with van der Waals surface area (Å²) in [7, 11) is 0. The first-order valence-corrected chi connectivity index (χ1v) is 14.4. The third-order valence-electron chi connectivity index (χ3n) is 6.90. The fraction of sp³-hybridized carbons (Fsp3) is 0.774. The van der Waals surface area contributed by atoms with Crippen molar-refractivity contribution >= 4 is 5.97 Å². The van der Waals surface area contributed by atoms with Crippen LogP contribution in [-0.2, 0) is 4.79 Å². The monoisotopic (exact) mass is 473 g/mol. The second-order valence-corrected chi connectivity index (χ2v) is 11.3. The van der Waals surface area contributed by atoms with Crippen LogP contribution in [0, 0.1) is 12.8 Å². The van der Waals surface area contributed by atoms with Crippen molar-refractivity contribution in [2.45, 2.75) is 149 Å². The van der Waals surface area contributed by atoms with E-state index in [4.69, 9.17) is 10.5 Å². The van der Waals surface area contributed by atoms with Gasteiger partial charge < -0.3 is 10.5 Å². The molecule has 0 spiro atoms. The number of aryl methyl sites for hydroxylation is 1. The maximum Gasteiger partial charge on any atom is 0.311 e. The number of benzene rings is 1. The summed E-state index contributed by atoms with van der Waals surface area (Å²) in [6.07, 6.45) is 22.6. The summed E-state index contributed by atoms with van der Waals surface area (Å²) in [4.78, 5) is 12.1. The molecule has 3 nitrogen and oxygen atoms in total. The number of hydrogen-bond donors (Lipinski definition) is 1. The number of carbonyl (C=O) groups excluding carboxylic acids is 1. The van der Waals surface area contributed by atoms with Gasteiger partial charge in [0.05, 0.1) is 0 Å². The summed E-state index contributed by atoms with van der Waals surface area (Å²) in [5.41, 5.74) is 7.32. The average Bonchev–Trinajstić information content (AvgIpc) is 2.78. The van der Waals surface area contributed by atoms with Gasteiger partial charge in [0, 0.05) is 12.0 Å². The van der Waals surface area contributed by atoms with Gasteiger partial charge >= 0.3 is 5.97 Å². The molecule has 196 valence electrons. The van der Waals surface area contributed by atoms with Crippen molar-refractivity contribution in [1.82, 2.24) is 0 Å². The Morgan fingerprint density at radius 3 is 1.85 bits per heavy atom. The Kier molecular flexibility index (Phi) is 17.1. The van der Waals surface area contributed by atoms with E-state index >= 15 is 0 Å². The van der Waals surface area contributed by atoms with Crippen LogP contribution in [0.1, 0.15) is 142 Å². The fourth-order valence-corrected chi connectivity index (χ4v) is 4.69. The molecule has 0 heterocycles. The van der Waals surface area contributed by atoms with Gasteiger partial charge in [0.15, 0.2) is 0 Å². The Balaban J connectivity index is 2.21. The molecular formula is C31H55NO2. The van der Waals surface area contributed by atoms with Gasteiger partial charge in [-0.15, -0.1) is 0 Å². The third kappa shape index (κ3) is 18.0. The SMILES string of the molecule is CCCCCCCCCCCC(CCCCCC(=O)Oc1ccc(C)cc1)CCCC(C)(C)N. The molecule has 0 saturated heterocycles. The van der Waals surface area contributed by atoms with E-state index in [1.807, 2.05) is 31.2 Å². The molecule has 3 heteroatoms. The molecule has 0 saturated carbocycles. The van der Waals surface area contributed by atoms with Gasteiger partial charge in [-0.05, 0) is 51.7 Å². The Hall–Kier alpha value is -1.35. The number of carbonyl (C=O) groups is 1. The molecular weight excluding hydrogens is 418 g/mol. The highest BCUT2D eigenvalue weighted by Gasteiger charge is 2.14. The number of hydrogen-bond acceptors (Lipinski definition) is 3. The Morgan fingerprint density at radius 1 is 0.794 bits per heavy atom. The van der Waals surface area contributed by atoms with E-state index in [9.17, 15) is 4.79 Å². The van der Waals surface area contributed by atoms with Crippen molar-refractivity contribution in [3.05, 3.63) is 29.8 Å². The predicted octanol–water partition coefficient (Wildman–Crippen LogP) is 9.30. The number of ether oxygens (including phenoxy) is 1. The third-order valence-corrected chi connectivity index (χ3v) is 6.90. The van der Waals surface area contributed by atoms with Gasteiger partial charge in [-0.1, -0.05) is 121 Å². The standard InChI is InChI=1S/C31H55NO2/c1-5-6-7-8-9-10-11-12-14-18-28(20-17-26-31(3,4)32)19-15-13-16-21-30(33)34-29-24-22-27(2)23-25-29/h22-25,28H,5-21,26,32H2,1-4H3. The summed E-state index contributed by atoms with van der Waals surface area (Å²) in [5.74, 6) is 1.35. The molecule has 1 rings (SSSR count). The number of esters is 1. The first-order valence-electron chi connectivity index (χ1n) is 14.4. The number of nitrogens with two attached hydrogens (primary N) is 1. The van der Waals surface area contributed by atoms with Crippen molar-refractivity contribution in [2.24, 2.45) is 11.7 Å². The number of rotatable bonds is 21. The van der Waals surface area contributed by atoms with Crippen LogP contribution < -0.4 is 10.5 Å². The second kappa shape index (κ2) is 18.9. The molecule has 1 aromatic carbocycles. The van der Waals surface area contributed by atoms with Gasteiger partial charge in [0.25, 0.3) is 0 Å². The van der Waals surface area contributed by atoms with E-state index in [0.29, 0.717) is 12.2 Å². The van der Waals surface area contributed by atoms with Gasteiger partial charge in [0.1, 0.15) is 5.75 Å². The zero-order chi connectivity index (χ0) is 25.1. The zero-order valence-electron chi connectivity index (χ0n) is 23.0. The topological polar surface area (TPSA) is 52.3 Å². The highest BCUT2D eigenvalue weighted by atomic mass is 16.5. The quantitative estimate of drug-likeness (QED) is 0.110. The molecule has 34 heavy (non-hydrogen) atoms. The van der Waals surface area contributed by atoms with E-state index in [-0.39, 0.29) is 11.5 Å². The van der Waals surface area contributed by atoms with E-state index in [1.54, 1.807) is 0 Å². The lowest BCUT2D eigenvalue weighted by atomic mass is 9.87. The van der Waals surface area contributed by atoms with Gasteiger partial charge in [-0.3, -0.25) is 4.79 Å². The van der Waals surface area contributed by atoms with Crippen LogP contribution in [-0.4, -0.2) is 11.5 Å². The highest BCUT2D eigenvalue weighted by molar-refractivity contribution is 5.72. The Morgan fingerprint density at radius 2 is 1.29 bits per heavy atom. The Labute approximate surface area is 211 Å². The first-order chi connectivity index (χ1) is 16.3. The smallest absolute Gasteiger partial charge is 0.311 e. The zero-order valence-corrected chi connectivity index (χ0v) is 23.0. The van der Waals surface area contributed by atoms with Gasteiger partial charge in [0.2, 0.25) is 0 Å². The fourth-order valence-electron chi connectivity index (χ4n) is 4.69. The van der Waals surface area contributed by atoms with Crippen molar-refractivity contribution in [3.8, 4) is 5.75 Å².